The monoisotopic (exact) mass is 624 g/mol. The lowest BCUT2D eigenvalue weighted by molar-refractivity contribution is -0.384. The summed E-state index contributed by atoms with van der Waals surface area (Å²) in [5.41, 5.74) is 2.62. The van der Waals surface area contributed by atoms with Crippen molar-refractivity contribution in [3.8, 4) is 5.75 Å². The van der Waals surface area contributed by atoms with Crippen LogP contribution >= 0.6 is 11.8 Å². The average Bonchev–Trinajstić information content (AvgIpc) is 3.05. The van der Waals surface area contributed by atoms with Gasteiger partial charge in [-0.2, -0.15) is 0 Å². The van der Waals surface area contributed by atoms with Crippen molar-refractivity contribution in [3.63, 3.8) is 0 Å². The zero-order valence-electron chi connectivity index (χ0n) is 24.9. The second-order valence-corrected chi connectivity index (χ2v) is 11.2. The minimum absolute atomic E-state index is 0.0383. The number of rotatable bonds is 12. The number of amides is 3. The fraction of sp³-hybridized carbons (Fsp3) is 0.147. The molecule has 0 saturated carbocycles. The van der Waals surface area contributed by atoms with Gasteiger partial charge in [-0.05, 0) is 79.1 Å². The molecule has 1 unspecified atom stereocenters. The maximum atomic E-state index is 13.5. The smallest absolute Gasteiger partial charge is 0.272 e. The molecule has 11 heteroatoms. The first-order valence-corrected chi connectivity index (χ1v) is 14.9. The van der Waals surface area contributed by atoms with E-state index in [4.69, 9.17) is 4.74 Å². The van der Waals surface area contributed by atoms with Gasteiger partial charge >= 0.3 is 0 Å². The van der Waals surface area contributed by atoms with Crippen LogP contribution in [0.1, 0.15) is 34.8 Å². The molecule has 230 valence electrons. The molecular formula is C34H32N4O6S. The van der Waals surface area contributed by atoms with Gasteiger partial charge in [0.2, 0.25) is 5.91 Å². The Balaban J connectivity index is 1.49. The molecule has 0 heterocycles. The van der Waals surface area contributed by atoms with Crippen LogP contribution in [-0.2, 0) is 9.59 Å². The van der Waals surface area contributed by atoms with Gasteiger partial charge in [0, 0.05) is 34.0 Å². The molecule has 0 aliphatic carbocycles. The number of benzene rings is 4. The largest absolute Gasteiger partial charge is 0.497 e. The Morgan fingerprint density at radius 3 is 2.31 bits per heavy atom. The number of aryl methyl sites for hydroxylation is 1. The molecule has 4 rings (SSSR count). The Morgan fingerprint density at radius 1 is 0.933 bits per heavy atom. The highest BCUT2D eigenvalue weighted by atomic mass is 32.2. The molecule has 0 aliphatic rings. The van der Waals surface area contributed by atoms with Crippen molar-refractivity contribution in [3.05, 3.63) is 130 Å². The Morgan fingerprint density at radius 2 is 1.67 bits per heavy atom. The van der Waals surface area contributed by atoms with Gasteiger partial charge in [0.15, 0.2) is 0 Å². The Hall–Kier alpha value is -5.42. The minimum Gasteiger partial charge on any atom is -0.497 e. The van der Waals surface area contributed by atoms with Crippen LogP contribution in [0.2, 0.25) is 0 Å². The molecule has 3 amide bonds. The molecule has 0 saturated heterocycles. The molecule has 1 atom stereocenters. The predicted octanol–water partition coefficient (Wildman–Crippen LogP) is 6.83. The molecule has 0 aromatic heterocycles. The van der Waals surface area contributed by atoms with E-state index in [1.807, 2.05) is 13.0 Å². The highest BCUT2D eigenvalue weighted by molar-refractivity contribution is 8.00. The number of nitro groups is 1. The lowest BCUT2D eigenvalue weighted by Crippen LogP contribution is -2.30. The second kappa shape index (κ2) is 15.3. The van der Waals surface area contributed by atoms with Crippen molar-refractivity contribution in [2.24, 2.45) is 0 Å². The van der Waals surface area contributed by atoms with E-state index in [0.717, 1.165) is 4.90 Å². The van der Waals surface area contributed by atoms with Crippen molar-refractivity contribution in [1.82, 2.24) is 5.32 Å². The summed E-state index contributed by atoms with van der Waals surface area (Å²) < 4.78 is 5.21. The molecule has 4 aromatic rings. The highest BCUT2D eigenvalue weighted by Crippen LogP contribution is 2.30. The second-order valence-electron chi connectivity index (χ2n) is 9.89. The quantitative estimate of drug-likeness (QED) is 0.0679. The number of nitrogens with one attached hydrogen (secondary N) is 3. The number of thioether (sulfide) groups is 1. The summed E-state index contributed by atoms with van der Waals surface area (Å²) in [5.74, 6) is -0.560. The number of anilines is 2. The zero-order valence-corrected chi connectivity index (χ0v) is 25.7. The van der Waals surface area contributed by atoms with Gasteiger partial charge in [0.25, 0.3) is 17.5 Å². The summed E-state index contributed by atoms with van der Waals surface area (Å²) in [4.78, 5) is 50.8. The number of non-ortho nitro benzene ring substituents is 1. The summed E-state index contributed by atoms with van der Waals surface area (Å²) in [6.07, 6.45) is 2.09. The zero-order chi connectivity index (χ0) is 32.3. The Labute approximate surface area is 265 Å². The van der Waals surface area contributed by atoms with Crippen LogP contribution in [0.4, 0.5) is 17.1 Å². The number of hydrogen-bond donors (Lipinski definition) is 3. The van der Waals surface area contributed by atoms with E-state index in [-0.39, 0.29) is 17.3 Å². The first-order valence-electron chi connectivity index (χ1n) is 14.0. The molecular weight excluding hydrogens is 592 g/mol. The highest BCUT2D eigenvalue weighted by Gasteiger charge is 2.20. The molecule has 0 aliphatic heterocycles. The van der Waals surface area contributed by atoms with Crippen molar-refractivity contribution < 1.29 is 24.0 Å². The first kappa shape index (κ1) is 32.5. The lowest BCUT2D eigenvalue weighted by Gasteiger charge is -2.17. The van der Waals surface area contributed by atoms with Gasteiger partial charge < -0.3 is 20.7 Å². The SMILES string of the molecule is CCC(Sc1cccc(NC(=O)/C(=C\c2ccc(OC)cc2)NC(=O)c2ccccc2)c1)C(=O)Nc1ccc([N+](=O)[O-])cc1C. The topological polar surface area (TPSA) is 140 Å². The van der Waals surface area contributed by atoms with Crippen molar-refractivity contribution in [1.29, 1.82) is 0 Å². The maximum Gasteiger partial charge on any atom is 0.272 e. The van der Waals surface area contributed by atoms with Crippen LogP contribution in [0, 0.1) is 17.0 Å². The van der Waals surface area contributed by atoms with Gasteiger partial charge in [-0.1, -0.05) is 43.3 Å². The van der Waals surface area contributed by atoms with Crippen LogP contribution in [0.25, 0.3) is 6.08 Å². The van der Waals surface area contributed by atoms with E-state index in [1.165, 1.54) is 30.0 Å². The summed E-state index contributed by atoms with van der Waals surface area (Å²) in [6.45, 7) is 3.58. The van der Waals surface area contributed by atoms with Crippen LogP contribution < -0.4 is 20.7 Å². The summed E-state index contributed by atoms with van der Waals surface area (Å²) in [6, 6.07) is 27.0. The molecule has 0 fully saturated rings. The van der Waals surface area contributed by atoms with Crippen molar-refractivity contribution >= 4 is 52.6 Å². The number of carbonyl (C=O) groups is 3. The van der Waals surface area contributed by atoms with Gasteiger partial charge in [0.1, 0.15) is 11.4 Å². The maximum absolute atomic E-state index is 13.5. The van der Waals surface area contributed by atoms with Crippen LogP contribution in [-0.4, -0.2) is 35.0 Å². The van der Waals surface area contributed by atoms with Crippen LogP contribution in [0.5, 0.6) is 5.75 Å². The number of ether oxygens (including phenoxy) is 1. The van der Waals surface area contributed by atoms with Crippen molar-refractivity contribution in [2.45, 2.75) is 30.4 Å². The molecule has 0 bridgehead atoms. The number of nitrogens with zero attached hydrogens (tertiary/aromatic N) is 1. The molecule has 3 N–H and O–H groups in total. The summed E-state index contributed by atoms with van der Waals surface area (Å²) in [5, 5.41) is 19.0. The summed E-state index contributed by atoms with van der Waals surface area (Å²) in [7, 11) is 1.56. The number of methoxy groups -OCH3 is 1. The lowest BCUT2D eigenvalue weighted by atomic mass is 10.1. The Kier molecular flexibility index (Phi) is 11.1. The molecule has 45 heavy (non-hydrogen) atoms. The van der Waals surface area contributed by atoms with Gasteiger partial charge in [-0.15, -0.1) is 11.8 Å². The standard InChI is InChI=1S/C34H32N4O6S/c1-4-31(34(41)36-29-18-15-26(38(42)43)19-22(29)2)45-28-12-8-11-25(21-28)35-33(40)30(20-23-13-16-27(44-3)17-14-23)37-32(39)24-9-6-5-7-10-24/h5-21,31H,4H2,1-3H3,(H,35,40)(H,36,41)(H,37,39)/b30-20+. The van der Waals surface area contributed by atoms with E-state index < -0.39 is 22.0 Å². The molecule has 10 nitrogen and oxygen atoms in total. The number of nitro benzene ring substituents is 1. The van der Waals surface area contributed by atoms with Gasteiger partial charge in [0.05, 0.1) is 17.3 Å². The fourth-order valence-electron chi connectivity index (χ4n) is 4.26. The predicted molar refractivity (Wildman–Crippen MR) is 176 cm³/mol. The Bertz CT molecular complexity index is 1720. The molecule has 0 radical (unpaired) electrons. The van der Waals surface area contributed by atoms with E-state index in [0.29, 0.717) is 40.2 Å². The fourth-order valence-corrected chi connectivity index (χ4v) is 5.27. The van der Waals surface area contributed by atoms with Crippen LogP contribution in [0.3, 0.4) is 0 Å². The normalized spacial score (nSPS) is 11.7. The molecule has 4 aromatic carbocycles. The van der Waals surface area contributed by atoms with Gasteiger partial charge in [-0.3, -0.25) is 24.5 Å². The van der Waals surface area contributed by atoms with Crippen LogP contribution in [0.15, 0.2) is 108 Å². The third-order valence-electron chi connectivity index (χ3n) is 6.67. The molecule has 0 spiro atoms. The van der Waals surface area contributed by atoms with E-state index in [1.54, 1.807) is 92.9 Å². The third-order valence-corrected chi connectivity index (χ3v) is 8.03. The summed E-state index contributed by atoms with van der Waals surface area (Å²) >= 11 is 1.33. The van der Waals surface area contributed by atoms with Gasteiger partial charge in [-0.25, -0.2) is 0 Å². The minimum atomic E-state index is -0.532. The van der Waals surface area contributed by atoms with Crippen molar-refractivity contribution in [2.75, 3.05) is 17.7 Å². The first-order chi connectivity index (χ1) is 21.7. The number of carbonyl (C=O) groups excluding carboxylic acids is 3. The van der Waals surface area contributed by atoms with E-state index in [2.05, 4.69) is 16.0 Å². The number of hydrogen-bond acceptors (Lipinski definition) is 7. The third kappa shape index (κ3) is 9.04. The van der Waals surface area contributed by atoms with E-state index >= 15 is 0 Å². The van der Waals surface area contributed by atoms with E-state index in [9.17, 15) is 24.5 Å². The average molecular weight is 625 g/mol.